The van der Waals surface area contributed by atoms with Gasteiger partial charge in [0.15, 0.2) is 0 Å². The first-order valence-electron chi connectivity index (χ1n) is 6.82. The SMILES string of the molecule is CC(CN)C(C)N1CCN(c2ccccn2)CC1. The first-order valence-corrected chi connectivity index (χ1v) is 6.82. The van der Waals surface area contributed by atoms with Gasteiger partial charge in [-0.15, -0.1) is 0 Å². The molecule has 1 aromatic heterocycles. The van der Waals surface area contributed by atoms with Gasteiger partial charge in [0.1, 0.15) is 5.82 Å². The maximum Gasteiger partial charge on any atom is 0.128 e. The third-order valence-corrected chi connectivity index (χ3v) is 4.06. The summed E-state index contributed by atoms with van der Waals surface area (Å²) in [4.78, 5) is 9.31. The molecule has 100 valence electrons. The molecular weight excluding hydrogens is 224 g/mol. The van der Waals surface area contributed by atoms with Crippen molar-refractivity contribution >= 4 is 5.82 Å². The summed E-state index contributed by atoms with van der Waals surface area (Å²) in [5.74, 6) is 1.66. The van der Waals surface area contributed by atoms with E-state index in [0.29, 0.717) is 12.0 Å². The van der Waals surface area contributed by atoms with E-state index in [1.54, 1.807) is 0 Å². The highest BCUT2D eigenvalue weighted by Gasteiger charge is 2.24. The highest BCUT2D eigenvalue weighted by molar-refractivity contribution is 5.38. The fourth-order valence-electron chi connectivity index (χ4n) is 2.46. The van der Waals surface area contributed by atoms with Crippen molar-refractivity contribution in [1.82, 2.24) is 9.88 Å². The van der Waals surface area contributed by atoms with E-state index in [-0.39, 0.29) is 0 Å². The summed E-state index contributed by atoms with van der Waals surface area (Å²) < 4.78 is 0. The lowest BCUT2D eigenvalue weighted by Gasteiger charge is -2.40. The molecule has 4 heteroatoms. The van der Waals surface area contributed by atoms with Crippen molar-refractivity contribution in [2.45, 2.75) is 19.9 Å². The Hall–Kier alpha value is -1.13. The Kier molecular flexibility index (Phi) is 4.55. The van der Waals surface area contributed by atoms with Gasteiger partial charge in [-0.05, 0) is 31.5 Å². The van der Waals surface area contributed by atoms with Crippen LogP contribution in [-0.4, -0.2) is 48.6 Å². The molecule has 2 atom stereocenters. The molecule has 4 nitrogen and oxygen atoms in total. The molecule has 0 bridgehead atoms. The monoisotopic (exact) mass is 248 g/mol. The van der Waals surface area contributed by atoms with Crippen LogP contribution < -0.4 is 10.6 Å². The van der Waals surface area contributed by atoms with E-state index in [4.69, 9.17) is 5.73 Å². The molecule has 2 N–H and O–H groups in total. The van der Waals surface area contributed by atoms with Crippen LogP contribution in [-0.2, 0) is 0 Å². The average Bonchev–Trinajstić information content (AvgIpc) is 2.47. The highest BCUT2D eigenvalue weighted by atomic mass is 15.3. The van der Waals surface area contributed by atoms with E-state index in [2.05, 4.69) is 34.7 Å². The summed E-state index contributed by atoms with van der Waals surface area (Å²) in [5.41, 5.74) is 5.75. The summed E-state index contributed by atoms with van der Waals surface area (Å²) in [7, 11) is 0. The predicted octanol–water partition coefficient (Wildman–Crippen LogP) is 1.19. The van der Waals surface area contributed by atoms with Crippen LogP contribution >= 0.6 is 0 Å². The third kappa shape index (κ3) is 3.00. The highest BCUT2D eigenvalue weighted by Crippen LogP contribution is 2.16. The van der Waals surface area contributed by atoms with Crippen LogP contribution in [0.4, 0.5) is 5.82 Å². The number of nitrogens with two attached hydrogens (primary N) is 1. The minimum Gasteiger partial charge on any atom is -0.354 e. The number of pyridine rings is 1. The van der Waals surface area contributed by atoms with Gasteiger partial charge in [-0.25, -0.2) is 4.98 Å². The van der Waals surface area contributed by atoms with E-state index in [1.807, 2.05) is 18.3 Å². The van der Waals surface area contributed by atoms with Crippen molar-refractivity contribution in [2.75, 3.05) is 37.6 Å². The molecule has 1 fully saturated rings. The molecule has 0 amide bonds. The Morgan fingerprint density at radius 1 is 1.22 bits per heavy atom. The number of nitrogens with zero attached hydrogens (tertiary/aromatic N) is 3. The number of hydrogen-bond acceptors (Lipinski definition) is 4. The molecule has 1 aliphatic rings. The van der Waals surface area contributed by atoms with Crippen molar-refractivity contribution in [1.29, 1.82) is 0 Å². The minimum atomic E-state index is 0.561. The largest absolute Gasteiger partial charge is 0.354 e. The fourth-order valence-corrected chi connectivity index (χ4v) is 2.46. The Balaban J connectivity index is 1.88. The van der Waals surface area contributed by atoms with Crippen LogP contribution in [0.5, 0.6) is 0 Å². The van der Waals surface area contributed by atoms with Crippen LogP contribution in [0.1, 0.15) is 13.8 Å². The smallest absolute Gasteiger partial charge is 0.128 e. The summed E-state index contributed by atoms with van der Waals surface area (Å²) in [6, 6.07) is 6.67. The molecule has 0 aliphatic carbocycles. The standard InChI is InChI=1S/C14H24N4/c1-12(11-15)13(2)17-7-9-18(10-8-17)14-5-3-4-6-16-14/h3-6,12-13H,7-11,15H2,1-2H3. The van der Waals surface area contributed by atoms with Gasteiger partial charge < -0.3 is 10.6 Å². The molecule has 1 saturated heterocycles. The van der Waals surface area contributed by atoms with E-state index in [0.717, 1.165) is 38.5 Å². The Bertz CT molecular complexity index is 346. The molecule has 0 aromatic carbocycles. The van der Waals surface area contributed by atoms with E-state index < -0.39 is 0 Å². The summed E-state index contributed by atoms with van der Waals surface area (Å²) in [6.07, 6.45) is 1.86. The molecule has 0 radical (unpaired) electrons. The molecular formula is C14H24N4. The molecule has 1 aromatic rings. The zero-order valence-electron chi connectivity index (χ0n) is 11.4. The van der Waals surface area contributed by atoms with Gasteiger partial charge in [0.25, 0.3) is 0 Å². The first kappa shape index (κ1) is 13.3. The van der Waals surface area contributed by atoms with Crippen molar-refractivity contribution in [3.05, 3.63) is 24.4 Å². The topological polar surface area (TPSA) is 45.4 Å². The number of aromatic nitrogens is 1. The summed E-state index contributed by atoms with van der Waals surface area (Å²) >= 11 is 0. The fraction of sp³-hybridized carbons (Fsp3) is 0.643. The quantitative estimate of drug-likeness (QED) is 0.869. The number of piperazine rings is 1. The van der Waals surface area contributed by atoms with Gasteiger partial charge in [0, 0.05) is 38.4 Å². The molecule has 0 spiro atoms. The number of hydrogen-bond donors (Lipinski definition) is 1. The number of anilines is 1. The van der Waals surface area contributed by atoms with Gasteiger partial charge in [-0.1, -0.05) is 13.0 Å². The lowest BCUT2D eigenvalue weighted by atomic mass is 10.0. The van der Waals surface area contributed by atoms with E-state index in [1.165, 1.54) is 0 Å². The van der Waals surface area contributed by atoms with Gasteiger partial charge in [0.2, 0.25) is 0 Å². The minimum absolute atomic E-state index is 0.561. The van der Waals surface area contributed by atoms with Crippen LogP contribution in [0.3, 0.4) is 0 Å². The second-order valence-corrected chi connectivity index (χ2v) is 5.16. The maximum absolute atomic E-state index is 5.75. The Morgan fingerprint density at radius 3 is 2.50 bits per heavy atom. The lowest BCUT2D eigenvalue weighted by molar-refractivity contribution is 0.155. The van der Waals surface area contributed by atoms with Gasteiger partial charge in [0.05, 0.1) is 0 Å². The van der Waals surface area contributed by atoms with Crippen LogP contribution in [0.15, 0.2) is 24.4 Å². The van der Waals surface area contributed by atoms with Gasteiger partial charge in [-0.3, -0.25) is 4.90 Å². The van der Waals surface area contributed by atoms with Crippen LogP contribution in [0.25, 0.3) is 0 Å². The van der Waals surface area contributed by atoms with Crippen molar-refractivity contribution in [3.8, 4) is 0 Å². The van der Waals surface area contributed by atoms with Crippen molar-refractivity contribution in [3.63, 3.8) is 0 Å². The Morgan fingerprint density at radius 2 is 1.94 bits per heavy atom. The van der Waals surface area contributed by atoms with Crippen molar-refractivity contribution in [2.24, 2.45) is 11.7 Å². The molecule has 0 saturated carbocycles. The predicted molar refractivity (Wildman–Crippen MR) is 75.7 cm³/mol. The molecule has 1 aliphatic heterocycles. The summed E-state index contributed by atoms with van der Waals surface area (Å²) in [6.45, 7) is 9.59. The lowest BCUT2D eigenvalue weighted by Crippen LogP contribution is -2.52. The number of rotatable bonds is 4. The summed E-state index contributed by atoms with van der Waals surface area (Å²) in [5, 5.41) is 0. The van der Waals surface area contributed by atoms with E-state index in [9.17, 15) is 0 Å². The van der Waals surface area contributed by atoms with Gasteiger partial charge in [-0.2, -0.15) is 0 Å². The molecule has 18 heavy (non-hydrogen) atoms. The zero-order valence-corrected chi connectivity index (χ0v) is 11.4. The molecule has 2 rings (SSSR count). The molecule has 2 unspecified atom stereocenters. The Labute approximate surface area is 110 Å². The van der Waals surface area contributed by atoms with E-state index >= 15 is 0 Å². The van der Waals surface area contributed by atoms with Crippen LogP contribution in [0, 0.1) is 5.92 Å². The second kappa shape index (κ2) is 6.16. The second-order valence-electron chi connectivity index (χ2n) is 5.16. The molecule has 2 heterocycles. The third-order valence-electron chi connectivity index (χ3n) is 4.06. The normalized spacial score (nSPS) is 20.7. The first-order chi connectivity index (χ1) is 8.72. The van der Waals surface area contributed by atoms with Crippen LogP contribution in [0.2, 0.25) is 0 Å². The zero-order chi connectivity index (χ0) is 13.0. The van der Waals surface area contributed by atoms with Gasteiger partial charge >= 0.3 is 0 Å². The average molecular weight is 248 g/mol. The van der Waals surface area contributed by atoms with Crippen molar-refractivity contribution < 1.29 is 0 Å². The maximum atomic E-state index is 5.75.